The smallest absolute Gasteiger partial charge is 0.196 e. The summed E-state index contributed by atoms with van der Waals surface area (Å²) in [5.41, 5.74) is 0.865. The van der Waals surface area contributed by atoms with E-state index < -0.39 is 0 Å². The van der Waals surface area contributed by atoms with E-state index in [0.29, 0.717) is 18.8 Å². The van der Waals surface area contributed by atoms with Crippen LogP contribution in [0.3, 0.4) is 0 Å². The zero-order chi connectivity index (χ0) is 12.7. The summed E-state index contributed by atoms with van der Waals surface area (Å²) < 4.78 is 16.2. The zero-order valence-electron chi connectivity index (χ0n) is 10.6. The van der Waals surface area contributed by atoms with Gasteiger partial charge in [0.25, 0.3) is 0 Å². The Kier molecular flexibility index (Phi) is 5.80. The van der Waals surface area contributed by atoms with Gasteiger partial charge in [0.1, 0.15) is 11.5 Å². The Morgan fingerprint density at radius 2 is 2.00 bits per heavy atom. The predicted molar refractivity (Wildman–Crippen MR) is 65.5 cm³/mol. The van der Waals surface area contributed by atoms with Gasteiger partial charge >= 0.3 is 0 Å². The summed E-state index contributed by atoms with van der Waals surface area (Å²) in [4.78, 5) is 0. The van der Waals surface area contributed by atoms with Gasteiger partial charge in [0.2, 0.25) is 0 Å². The normalized spacial score (nSPS) is 12.2. The number of hydrogen-bond donors (Lipinski definition) is 1. The maximum Gasteiger partial charge on any atom is 0.196 e. The summed E-state index contributed by atoms with van der Waals surface area (Å²) in [5.74, 6) is 1.42. The molecule has 17 heavy (non-hydrogen) atoms. The lowest BCUT2D eigenvalue weighted by Crippen LogP contribution is -2.17. The summed E-state index contributed by atoms with van der Waals surface area (Å²) in [6.45, 7) is 4.41. The molecule has 0 aliphatic heterocycles. The fraction of sp³-hybridized carbons (Fsp3) is 0.538. The lowest BCUT2D eigenvalue weighted by molar-refractivity contribution is -0.0619. The van der Waals surface area contributed by atoms with Crippen LogP contribution in [0.2, 0.25) is 0 Å². The van der Waals surface area contributed by atoms with Gasteiger partial charge < -0.3 is 19.3 Å². The lowest BCUT2D eigenvalue weighted by atomic mass is 10.1. The van der Waals surface area contributed by atoms with Crippen molar-refractivity contribution in [3.63, 3.8) is 0 Å². The van der Waals surface area contributed by atoms with E-state index in [9.17, 15) is 0 Å². The zero-order valence-corrected chi connectivity index (χ0v) is 10.6. The van der Waals surface area contributed by atoms with Crippen LogP contribution in [0, 0.1) is 0 Å². The van der Waals surface area contributed by atoms with Crippen molar-refractivity contribution in [2.24, 2.45) is 0 Å². The Balaban J connectivity index is 2.89. The highest BCUT2D eigenvalue weighted by Crippen LogP contribution is 2.29. The number of benzene rings is 1. The highest BCUT2D eigenvalue weighted by Gasteiger charge is 2.12. The fourth-order valence-corrected chi connectivity index (χ4v) is 1.65. The van der Waals surface area contributed by atoms with Gasteiger partial charge in [0.05, 0.1) is 7.11 Å². The molecule has 1 N–H and O–H groups in total. The van der Waals surface area contributed by atoms with Crippen LogP contribution in [-0.4, -0.2) is 31.7 Å². The molecule has 0 saturated heterocycles. The molecule has 0 aromatic heterocycles. The van der Waals surface area contributed by atoms with E-state index in [4.69, 9.17) is 19.3 Å². The molecule has 0 amide bonds. The van der Waals surface area contributed by atoms with Crippen molar-refractivity contribution in [3.05, 3.63) is 23.8 Å². The molecule has 1 unspecified atom stereocenters. The molecule has 1 aromatic carbocycles. The van der Waals surface area contributed by atoms with E-state index in [1.165, 1.54) is 0 Å². The Bertz CT molecular complexity index is 338. The lowest BCUT2D eigenvalue weighted by Gasteiger charge is -2.18. The molecular weight excluding hydrogens is 220 g/mol. The molecule has 0 saturated carbocycles. The molecule has 1 atom stereocenters. The minimum Gasteiger partial charge on any atom is -0.496 e. The van der Waals surface area contributed by atoms with Crippen LogP contribution in [0.4, 0.5) is 0 Å². The van der Waals surface area contributed by atoms with Gasteiger partial charge in [-0.1, -0.05) is 6.07 Å². The van der Waals surface area contributed by atoms with E-state index in [-0.39, 0.29) is 12.9 Å². The summed E-state index contributed by atoms with van der Waals surface area (Å²) in [7, 11) is 1.60. The molecule has 0 aliphatic rings. The van der Waals surface area contributed by atoms with Gasteiger partial charge in [-0.3, -0.25) is 0 Å². The topological polar surface area (TPSA) is 47.9 Å². The molecule has 1 rings (SSSR count). The first-order valence-corrected chi connectivity index (χ1v) is 5.77. The Morgan fingerprint density at radius 3 is 2.59 bits per heavy atom. The minimum absolute atomic E-state index is 0.0553. The number of ether oxygens (including phenoxy) is 3. The van der Waals surface area contributed by atoms with Crippen LogP contribution in [0.1, 0.15) is 19.4 Å². The largest absolute Gasteiger partial charge is 0.496 e. The van der Waals surface area contributed by atoms with Crippen LogP contribution in [0.15, 0.2) is 18.2 Å². The van der Waals surface area contributed by atoms with Crippen molar-refractivity contribution in [3.8, 4) is 11.5 Å². The van der Waals surface area contributed by atoms with E-state index in [1.54, 1.807) is 7.11 Å². The maximum absolute atomic E-state index is 9.06. The van der Waals surface area contributed by atoms with E-state index in [1.807, 2.05) is 32.0 Å². The SMILES string of the molecule is CCOC(C)Oc1cccc(OC)c1CCO. The third kappa shape index (κ3) is 3.91. The van der Waals surface area contributed by atoms with Crippen LogP contribution in [-0.2, 0) is 11.2 Å². The monoisotopic (exact) mass is 240 g/mol. The molecule has 0 heterocycles. The van der Waals surface area contributed by atoms with E-state index in [2.05, 4.69) is 0 Å². The molecule has 0 aliphatic carbocycles. The first-order chi connectivity index (χ1) is 8.22. The van der Waals surface area contributed by atoms with Gasteiger partial charge in [-0.2, -0.15) is 0 Å². The average Bonchev–Trinajstić information content (AvgIpc) is 2.32. The van der Waals surface area contributed by atoms with Crippen LogP contribution in [0.25, 0.3) is 0 Å². The maximum atomic E-state index is 9.06. The third-order valence-corrected chi connectivity index (χ3v) is 2.37. The number of aliphatic hydroxyl groups excluding tert-OH is 1. The Morgan fingerprint density at radius 1 is 1.29 bits per heavy atom. The van der Waals surface area contributed by atoms with Crippen molar-refractivity contribution in [2.45, 2.75) is 26.6 Å². The second-order valence-electron chi connectivity index (χ2n) is 3.55. The summed E-state index contributed by atoms with van der Waals surface area (Å²) in [5, 5.41) is 9.06. The summed E-state index contributed by atoms with van der Waals surface area (Å²) >= 11 is 0. The number of aliphatic hydroxyl groups is 1. The van der Waals surface area contributed by atoms with Gasteiger partial charge in [0, 0.05) is 25.2 Å². The molecule has 4 heteroatoms. The molecule has 0 fully saturated rings. The molecule has 0 spiro atoms. The van der Waals surface area contributed by atoms with Gasteiger partial charge in [-0.25, -0.2) is 0 Å². The number of hydrogen-bond acceptors (Lipinski definition) is 4. The molecule has 0 radical (unpaired) electrons. The average molecular weight is 240 g/mol. The van der Waals surface area contributed by atoms with Crippen molar-refractivity contribution in [2.75, 3.05) is 20.3 Å². The number of methoxy groups -OCH3 is 1. The Labute approximate surface area is 102 Å². The quantitative estimate of drug-likeness (QED) is 0.740. The van der Waals surface area contributed by atoms with Gasteiger partial charge in [-0.15, -0.1) is 0 Å². The van der Waals surface area contributed by atoms with E-state index >= 15 is 0 Å². The third-order valence-electron chi connectivity index (χ3n) is 2.37. The standard InChI is InChI=1S/C13H20O4/c1-4-16-10(2)17-13-7-5-6-12(15-3)11(13)8-9-14/h5-7,10,14H,4,8-9H2,1-3H3. The first-order valence-electron chi connectivity index (χ1n) is 5.77. The second-order valence-corrected chi connectivity index (χ2v) is 3.55. The molecule has 0 bridgehead atoms. The minimum atomic E-state index is -0.315. The van der Waals surface area contributed by atoms with Gasteiger partial charge in [0.15, 0.2) is 6.29 Å². The molecular formula is C13H20O4. The Hall–Kier alpha value is -1.26. The van der Waals surface area contributed by atoms with Crippen LogP contribution >= 0.6 is 0 Å². The highest BCUT2D eigenvalue weighted by atomic mass is 16.7. The van der Waals surface area contributed by atoms with E-state index in [0.717, 1.165) is 11.3 Å². The van der Waals surface area contributed by atoms with Crippen LogP contribution < -0.4 is 9.47 Å². The number of rotatable bonds is 7. The molecule has 4 nitrogen and oxygen atoms in total. The molecule has 96 valence electrons. The van der Waals surface area contributed by atoms with Crippen molar-refractivity contribution >= 4 is 0 Å². The van der Waals surface area contributed by atoms with Crippen molar-refractivity contribution < 1.29 is 19.3 Å². The van der Waals surface area contributed by atoms with Crippen molar-refractivity contribution in [1.29, 1.82) is 0 Å². The fourth-order valence-electron chi connectivity index (χ4n) is 1.65. The molecule has 1 aromatic rings. The van der Waals surface area contributed by atoms with Gasteiger partial charge in [-0.05, 0) is 26.0 Å². The highest BCUT2D eigenvalue weighted by molar-refractivity contribution is 5.45. The summed E-state index contributed by atoms with van der Waals surface area (Å²) in [6, 6.07) is 5.56. The first kappa shape index (κ1) is 13.8. The van der Waals surface area contributed by atoms with Crippen molar-refractivity contribution in [1.82, 2.24) is 0 Å². The summed E-state index contributed by atoms with van der Waals surface area (Å²) in [6.07, 6.45) is 0.183. The predicted octanol–water partition coefficient (Wildman–Crippen LogP) is 1.99. The second kappa shape index (κ2) is 7.14. The van der Waals surface area contributed by atoms with Crippen LogP contribution in [0.5, 0.6) is 11.5 Å².